The molecule has 1 aliphatic carbocycles. The third-order valence-electron chi connectivity index (χ3n) is 3.65. The molecule has 0 radical (unpaired) electrons. The van der Waals surface area contributed by atoms with Crippen LogP contribution < -0.4 is 5.32 Å². The van der Waals surface area contributed by atoms with Crippen molar-refractivity contribution in [1.82, 2.24) is 10.2 Å². The van der Waals surface area contributed by atoms with E-state index in [-0.39, 0.29) is 0 Å². The Kier molecular flexibility index (Phi) is 4.68. The average molecular weight is 243 g/mol. The largest absolute Gasteiger partial charge is 0.317 e. The van der Waals surface area contributed by atoms with Crippen LogP contribution in [0.25, 0.3) is 0 Å². The van der Waals surface area contributed by atoms with E-state index in [1.54, 1.807) is 5.54 Å². The lowest BCUT2D eigenvalue weighted by atomic mass is 9.97. The Morgan fingerprint density at radius 2 is 2.00 bits per heavy atom. The van der Waals surface area contributed by atoms with Crippen molar-refractivity contribution >= 4 is 11.6 Å². The number of rotatable bonds is 5. The Bertz CT molecular complexity index is 242. The van der Waals surface area contributed by atoms with Crippen LogP contribution >= 0.6 is 11.6 Å². The second kappa shape index (κ2) is 6.04. The second-order valence-corrected chi connectivity index (χ2v) is 5.53. The van der Waals surface area contributed by atoms with Crippen molar-refractivity contribution < 1.29 is 0 Å². The monoisotopic (exact) mass is 242 g/mol. The van der Waals surface area contributed by atoms with E-state index < -0.39 is 0 Å². The highest BCUT2D eigenvalue weighted by molar-refractivity contribution is 6.25. The van der Waals surface area contributed by atoms with Gasteiger partial charge >= 0.3 is 0 Å². The summed E-state index contributed by atoms with van der Waals surface area (Å²) in [6.45, 7) is 6.87. The van der Waals surface area contributed by atoms with Crippen LogP contribution in [0.1, 0.15) is 32.6 Å². The Morgan fingerprint density at radius 1 is 1.31 bits per heavy atom. The molecule has 0 aromatic rings. The fourth-order valence-electron chi connectivity index (χ4n) is 2.53. The van der Waals surface area contributed by atoms with Crippen molar-refractivity contribution in [2.24, 2.45) is 5.92 Å². The fourth-order valence-corrected chi connectivity index (χ4v) is 2.60. The van der Waals surface area contributed by atoms with Gasteiger partial charge in [-0.15, -0.1) is 0 Å². The predicted octanol–water partition coefficient (Wildman–Crippen LogP) is 2.59. The zero-order valence-electron chi connectivity index (χ0n) is 10.2. The number of nitrogens with zero attached hydrogens (tertiary/aromatic N) is 1. The van der Waals surface area contributed by atoms with E-state index in [4.69, 9.17) is 11.6 Å². The zero-order chi connectivity index (χ0) is 11.4. The molecule has 1 saturated heterocycles. The molecule has 1 N–H and O–H groups in total. The highest BCUT2D eigenvalue weighted by atomic mass is 35.5. The Morgan fingerprint density at radius 3 is 2.56 bits per heavy atom. The summed E-state index contributed by atoms with van der Waals surface area (Å²) in [5.74, 6) is 0.893. The maximum absolute atomic E-state index is 5.77. The van der Waals surface area contributed by atoms with Gasteiger partial charge in [-0.1, -0.05) is 11.6 Å². The molecule has 0 unspecified atom stereocenters. The maximum atomic E-state index is 5.77. The van der Waals surface area contributed by atoms with E-state index in [0.717, 1.165) is 18.5 Å². The molecule has 2 aliphatic rings. The van der Waals surface area contributed by atoms with Gasteiger partial charge in [0.2, 0.25) is 0 Å². The van der Waals surface area contributed by atoms with Gasteiger partial charge in [0, 0.05) is 24.7 Å². The summed E-state index contributed by atoms with van der Waals surface area (Å²) in [5, 5.41) is 3.43. The van der Waals surface area contributed by atoms with Crippen LogP contribution in [0.5, 0.6) is 0 Å². The van der Waals surface area contributed by atoms with E-state index in [1.165, 1.54) is 50.9 Å². The van der Waals surface area contributed by atoms with Gasteiger partial charge in [0.1, 0.15) is 0 Å². The fraction of sp³-hybridized carbons (Fsp3) is 0.846. The van der Waals surface area contributed by atoms with Crippen molar-refractivity contribution in [3.63, 3.8) is 0 Å². The zero-order valence-corrected chi connectivity index (χ0v) is 11.0. The van der Waals surface area contributed by atoms with Crippen LogP contribution in [-0.2, 0) is 0 Å². The Hall–Kier alpha value is -0.0500. The number of hydrogen-bond donors (Lipinski definition) is 1. The summed E-state index contributed by atoms with van der Waals surface area (Å²) in [5.41, 5.74) is 3.03. The SMILES string of the molecule is CC(=CCl)CN(CC1CCNCC1)C1CC1. The number of halogens is 1. The van der Waals surface area contributed by atoms with Gasteiger partial charge in [-0.2, -0.15) is 0 Å². The second-order valence-electron chi connectivity index (χ2n) is 5.31. The number of hydrogen-bond acceptors (Lipinski definition) is 2. The molecular weight excluding hydrogens is 220 g/mol. The standard InChI is InChI=1S/C13H23ClN2/c1-11(8-14)9-16(13-2-3-13)10-12-4-6-15-7-5-12/h8,12-13,15H,2-7,9-10H2,1H3. The molecule has 16 heavy (non-hydrogen) atoms. The van der Waals surface area contributed by atoms with Crippen LogP contribution in [0.15, 0.2) is 11.1 Å². The smallest absolute Gasteiger partial charge is 0.0204 e. The van der Waals surface area contributed by atoms with Crippen molar-refractivity contribution in [3.05, 3.63) is 11.1 Å². The van der Waals surface area contributed by atoms with E-state index in [9.17, 15) is 0 Å². The maximum Gasteiger partial charge on any atom is 0.0204 e. The van der Waals surface area contributed by atoms with Gasteiger partial charge in [0.25, 0.3) is 0 Å². The van der Waals surface area contributed by atoms with Gasteiger partial charge in [-0.3, -0.25) is 4.90 Å². The van der Waals surface area contributed by atoms with Crippen LogP contribution in [0, 0.1) is 5.92 Å². The first-order valence-electron chi connectivity index (χ1n) is 6.50. The van der Waals surface area contributed by atoms with Gasteiger partial charge in [0.05, 0.1) is 0 Å². The van der Waals surface area contributed by atoms with Crippen molar-refractivity contribution in [2.75, 3.05) is 26.2 Å². The van der Waals surface area contributed by atoms with Crippen LogP contribution in [0.3, 0.4) is 0 Å². The lowest BCUT2D eigenvalue weighted by Crippen LogP contribution is -2.38. The first kappa shape index (κ1) is 12.4. The van der Waals surface area contributed by atoms with E-state index in [1.807, 2.05) is 0 Å². The summed E-state index contributed by atoms with van der Waals surface area (Å²) in [7, 11) is 0. The predicted molar refractivity (Wildman–Crippen MR) is 69.8 cm³/mol. The highest BCUT2D eigenvalue weighted by Gasteiger charge is 2.30. The molecule has 0 bridgehead atoms. The Labute approximate surface area is 104 Å². The van der Waals surface area contributed by atoms with Crippen LogP contribution in [-0.4, -0.2) is 37.1 Å². The molecule has 0 atom stereocenters. The minimum absolute atomic E-state index is 0.849. The molecule has 0 spiro atoms. The molecule has 92 valence electrons. The molecule has 3 heteroatoms. The molecular formula is C13H23ClN2. The molecule has 0 aromatic heterocycles. The van der Waals surface area contributed by atoms with Crippen molar-refractivity contribution in [2.45, 2.75) is 38.6 Å². The quantitative estimate of drug-likeness (QED) is 0.797. The Balaban J connectivity index is 1.81. The molecule has 1 heterocycles. The van der Waals surface area contributed by atoms with Gasteiger partial charge < -0.3 is 5.32 Å². The first-order valence-corrected chi connectivity index (χ1v) is 6.94. The number of piperidine rings is 1. The molecule has 0 aromatic carbocycles. The summed E-state index contributed by atoms with van der Waals surface area (Å²) in [6, 6.07) is 0.849. The van der Waals surface area contributed by atoms with Gasteiger partial charge in [-0.25, -0.2) is 0 Å². The highest BCUT2D eigenvalue weighted by Crippen LogP contribution is 2.29. The van der Waals surface area contributed by atoms with Crippen LogP contribution in [0.2, 0.25) is 0 Å². The van der Waals surface area contributed by atoms with Gasteiger partial charge in [0.15, 0.2) is 0 Å². The van der Waals surface area contributed by atoms with Crippen molar-refractivity contribution in [3.8, 4) is 0 Å². The minimum Gasteiger partial charge on any atom is -0.317 e. The summed E-state index contributed by atoms with van der Waals surface area (Å²) in [4.78, 5) is 2.64. The lowest BCUT2D eigenvalue weighted by Gasteiger charge is -2.30. The molecule has 2 fully saturated rings. The molecule has 1 aliphatic heterocycles. The normalized spacial score (nSPS) is 24.1. The minimum atomic E-state index is 0.849. The average Bonchev–Trinajstić information content (AvgIpc) is 3.13. The van der Waals surface area contributed by atoms with Crippen molar-refractivity contribution in [1.29, 1.82) is 0 Å². The first-order chi connectivity index (χ1) is 7.79. The van der Waals surface area contributed by atoms with E-state index in [0.29, 0.717) is 0 Å². The third kappa shape index (κ3) is 3.76. The van der Waals surface area contributed by atoms with Crippen LogP contribution in [0.4, 0.5) is 0 Å². The van der Waals surface area contributed by atoms with E-state index >= 15 is 0 Å². The molecule has 2 nitrogen and oxygen atoms in total. The molecule has 2 rings (SSSR count). The summed E-state index contributed by atoms with van der Waals surface area (Å²) >= 11 is 5.77. The van der Waals surface area contributed by atoms with E-state index in [2.05, 4.69) is 17.1 Å². The third-order valence-corrected chi connectivity index (χ3v) is 4.03. The topological polar surface area (TPSA) is 15.3 Å². The molecule has 0 amide bonds. The molecule has 1 saturated carbocycles. The van der Waals surface area contributed by atoms with Gasteiger partial charge in [-0.05, 0) is 57.2 Å². The summed E-state index contributed by atoms with van der Waals surface area (Å²) in [6.07, 6.45) is 5.46. The summed E-state index contributed by atoms with van der Waals surface area (Å²) < 4.78 is 0. The number of nitrogens with one attached hydrogen (secondary N) is 1. The lowest BCUT2D eigenvalue weighted by molar-refractivity contribution is 0.211.